The number of fused-ring (bicyclic) bond motifs is 2. The molecule has 5 nitrogen and oxygen atoms in total. The third-order valence-corrected chi connectivity index (χ3v) is 3.50. The van der Waals surface area contributed by atoms with E-state index in [1.54, 1.807) is 24.3 Å². The molecule has 0 unspecified atom stereocenters. The van der Waals surface area contributed by atoms with Crippen molar-refractivity contribution in [1.82, 2.24) is 0 Å². The minimum absolute atomic E-state index is 0.116. The third kappa shape index (κ3) is 2.16. The summed E-state index contributed by atoms with van der Waals surface area (Å²) < 4.78 is 21.2. The molecule has 4 rings (SSSR count). The topological polar surface area (TPSA) is 54.0 Å². The summed E-state index contributed by atoms with van der Waals surface area (Å²) in [6.07, 6.45) is 3.23. The summed E-state index contributed by atoms with van der Waals surface area (Å²) in [4.78, 5) is 12.3. The first kappa shape index (κ1) is 12.8. The van der Waals surface area contributed by atoms with Crippen molar-refractivity contribution in [3.63, 3.8) is 0 Å². The van der Waals surface area contributed by atoms with Crippen LogP contribution in [-0.2, 0) is 0 Å². The number of carbonyl (C=O) groups excluding carboxylic acids is 1. The fraction of sp³-hybridized carbons (Fsp3) is 0.118. The molecule has 0 bridgehead atoms. The molecular weight excluding hydrogens is 284 g/mol. The summed E-state index contributed by atoms with van der Waals surface area (Å²) in [5, 5.41) is 0. The average molecular weight is 296 g/mol. The number of para-hydroxylation sites is 1. The molecule has 5 heteroatoms. The number of hydrogen-bond donors (Lipinski definition) is 0. The maximum Gasteiger partial charge on any atom is 0.231 e. The SMILES string of the molecule is O=C(/C=C/c1cccc2c1OCO2)c1ccc2c(c1)OCO2. The van der Waals surface area contributed by atoms with Crippen molar-refractivity contribution < 1.29 is 23.7 Å². The lowest BCUT2D eigenvalue weighted by molar-refractivity contribution is 0.104. The normalized spacial score (nSPS) is 14.5. The van der Waals surface area contributed by atoms with Crippen LogP contribution in [0.3, 0.4) is 0 Å². The predicted octanol–water partition coefficient (Wildman–Crippen LogP) is 3.04. The van der Waals surface area contributed by atoms with Crippen LogP contribution < -0.4 is 18.9 Å². The van der Waals surface area contributed by atoms with Crippen molar-refractivity contribution in [3.05, 3.63) is 53.6 Å². The highest BCUT2D eigenvalue weighted by atomic mass is 16.7. The lowest BCUT2D eigenvalue weighted by Gasteiger charge is -2.01. The van der Waals surface area contributed by atoms with Gasteiger partial charge in [0, 0.05) is 11.1 Å². The highest BCUT2D eigenvalue weighted by Crippen LogP contribution is 2.36. The highest BCUT2D eigenvalue weighted by Gasteiger charge is 2.17. The van der Waals surface area contributed by atoms with Gasteiger partial charge in [-0.3, -0.25) is 4.79 Å². The molecule has 2 aliphatic heterocycles. The first-order valence-corrected chi connectivity index (χ1v) is 6.82. The largest absolute Gasteiger partial charge is 0.454 e. The maximum atomic E-state index is 12.3. The standard InChI is InChI=1S/C17H12O5/c18-13(12-5-7-14-16(8-12)21-9-19-14)6-4-11-2-1-3-15-17(11)22-10-20-15/h1-8H,9-10H2/b6-4+. The summed E-state index contributed by atoms with van der Waals surface area (Å²) in [6.45, 7) is 0.395. The second kappa shape index (κ2) is 5.11. The Morgan fingerprint density at radius 1 is 0.909 bits per heavy atom. The van der Waals surface area contributed by atoms with Crippen LogP contribution in [0.2, 0.25) is 0 Å². The first-order valence-electron chi connectivity index (χ1n) is 6.82. The van der Waals surface area contributed by atoms with Gasteiger partial charge in [-0.25, -0.2) is 0 Å². The molecule has 2 aliphatic rings. The van der Waals surface area contributed by atoms with E-state index in [-0.39, 0.29) is 19.4 Å². The summed E-state index contributed by atoms with van der Waals surface area (Å²) in [7, 11) is 0. The van der Waals surface area contributed by atoms with Crippen LogP contribution in [0.1, 0.15) is 15.9 Å². The van der Waals surface area contributed by atoms with E-state index in [4.69, 9.17) is 18.9 Å². The number of ether oxygens (including phenoxy) is 4. The molecular formula is C17H12O5. The van der Waals surface area contributed by atoms with Crippen LogP contribution in [-0.4, -0.2) is 19.4 Å². The summed E-state index contributed by atoms with van der Waals surface area (Å²) in [5.41, 5.74) is 1.36. The van der Waals surface area contributed by atoms with E-state index >= 15 is 0 Å². The Bertz CT molecular complexity index is 779. The van der Waals surface area contributed by atoms with Gasteiger partial charge < -0.3 is 18.9 Å². The fourth-order valence-electron chi connectivity index (χ4n) is 2.40. The van der Waals surface area contributed by atoms with Gasteiger partial charge in [0.05, 0.1) is 0 Å². The van der Waals surface area contributed by atoms with Crippen molar-refractivity contribution >= 4 is 11.9 Å². The molecule has 0 aliphatic carbocycles. The predicted molar refractivity (Wildman–Crippen MR) is 78.5 cm³/mol. The number of ketones is 1. The van der Waals surface area contributed by atoms with Crippen molar-refractivity contribution in [3.8, 4) is 23.0 Å². The molecule has 2 aromatic rings. The molecule has 0 saturated carbocycles. The molecule has 0 atom stereocenters. The van der Waals surface area contributed by atoms with E-state index in [2.05, 4.69) is 0 Å². The zero-order chi connectivity index (χ0) is 14.9. The summed E-state index contributed by atoms with van der Waals surface area (Å²) >= 11 is 0. The summed E-state index contributed by atoms with van der Waals surface area (Å²) in [6, 6.07) is 10.7. The monoisotopic (exact) mass is 296 g/mol. The molecule has 2 aromatic carbocycles. The van der Waals surface area contributed by atoms with E-state index in [9.17, 15) is 4.79 Å². The van der Waals surface area contributed by atoms with E-state index < -0.39 is 0 Å². The van der Waals surface area contributed by atoms with Gasteiger partial charge in [0.15, 0.2) is 28.8 Å². The molecule has 0 fully saturated rings. The zero-order valence-electron chi connectivity index (χ0n) is 11.6. The van der Waals surface area contributed by atoms with Gasteiger partial charge in [0.1, 0.15) is 0 Å². The van der Waals surface area contributed by atoms with Crippen LogP contribution in [0.15, 0.2) is 42.5 Å². The van der Waals surface area contributed by atoms with Crippen LogP contribution in [0.4, 0.5) is 0 Å². The van der Waals surface area contributed by atoms with E-state index in [0.29, 0.717) is 28.6 Å². The van der Waals surface area contributed by atoms with Crippen LogP contribution in [0.25, 0.3) is 6.08 Å². The van der Waals surface area contributed by atoms with E-state index in [1.807, 2.05) is 18.2 Å². The van der Waals surface area contributed by atoms with Gasteiger partial charge in [-0.1, -0.05) is 12.1 Å². The molecule has 0 N–H and O–H groups in total. The third-order valence-electron chi connectivity index (χ3n) is 3.50. The first-order chi connectivity index (χ1) is 10.8. The molecule has 0 amide bonds. The Hall–Kier alpha value is -2.95. The van der Waals surface area contributed by atoms with Crippen LogP contribution in [0.5, 0.6) is 23.0 Å². The number of carbonyl (C=O) groups is 1. The number of rotatable bonds is 3. The number of benzene rings is 2. The Labute approximate surface area is 126 Å². The van der Waals surface area contributed by atoms with Crippen molar-refractivity contribution in [1.29, 1.82) is 0 Å². The minimum atomic E-state index is -0.116. The highest BCUT2D eigenvalue weighted by molar-refractivity contribution is 6.07. The van der Waals surface area contributed by atoms with E-state index in [0.717, 1.165) is 5.56 Å². The summed E-state index contributed by atoms with van der Waals surface area (Å²) in [5.74, 6) is 2.49. The minimum Gasteiger partial charge on any atom is -0.454 e. The molecule has 0 saturated heterocycles. The lowest BCUT2D eigenvalue weighted by atomic mass is 10.1. The van der Waals surface area contributed by atoms with Gasteiger partial charge in [0.2, 0.25) is 13.6 Å². The zero-order valence-corrected chi connectivity index (χ0v) is 11.6. The molecule has 0 spiro atoms. The molecule has 0 aromatic heterocycles. The van der Waals surface area contributed by atoms with Gasteiger partial charge in [-0.15, -0.1) is 0 Å². The van der Waals surface area contributed by atoms with Crippen molar-refractivity contribution in [2.45, 2.75) is 0 Å². The fourth-order valence-corrected chi connectivity index (χ4v) is 2.40. The van der Waals surface area contributed by atoms with Gasteiger partial charge in [-0.05, 0) is 36.4 Å². The van der Waals surface area contributed by atoms with Gasteiger partial charge in [0.25, 0.3) is 0 Å². The Morgan fingerprint density at radius 3 is 2.68 bits per heavy atom. The second-order valence-electron chi connectivity index (χ2n) is 4.85. The Kier molecular flexibility index (Phi) is 2.96. The molecule has 0 radical (unpaired) electrons. The Morgan fingerprint density at radius 2 is 1.73 bits per heavy atom. The van der Waals surface area contributed by atoms with Crippen LogP contribution >= 0.6 is 0 Å². The molecule has 2 heterocycles. The second-order valence-corrected chi connectivity index (χ2v) is 4.85. The van der Waals surface area contributed by atoms with Crippen LogP contribution in [0, 0.1) is 0 Å². The molecule has 110 valence electrons. The van der Waals surface area contributed by atoms with Gasteiger partial charge in [-0.2, -0.15) is 0 Å². The number of allylic oxidation sites excluding steroid dienone is 1. The van der Waals surface area contributed by atoms with Gasteiger partial charge >= 0.3 is 0 Å². The average Bonchev–Trinajstić information content (AvgIpc) is 3.20. The van der Waals surface area contributed by atoms with Crippen molar-refractivity contribution in [2.75, 3.05) is 13.6 Å². The molecule has 22 heavy (non-hydrogen) atoms. The Balaban J connectivity index is 1.58. The van der Waals surface area contributed by atoms with Crippen molar-refractivity contribution in [2.24, 2.45) is 0 Å². The number of hydrogen-bond acceptors (Lipinski definition) is 5. The maximum absolute atomic E-state index is 12.3. The quantitative estimate of drug-likeness (QED) is 0.643. The lowest BCUT2D eigenvalue weighted by Crippen LogP contribution is -1.95. The van der Waals surface area contributed by atoms with E-state index in [1.165, 1.54) is 6.08 Å². The smallest absolute Gasteiger partial charge is 0.231 e.